The van der Waals surface area contributed by atoms with Crippen molar-refractivity contribution in [3.05, 3.63) is 28.2 Å². The number of hydrogen-bond acceptors (Lipinski definition) is 5. The van der Waals surface area contributed by atoms with Gasteiger partial charge in [0.05, 0.1) is 30.6 Å². The molecule has 3 aliphatic rings. The van der Waals surface area contributed by atoms with E-state index in [0.717, 1.165) is 31.2 Å². The van der Waals surface area contributed by atoms with Crippen LogP contribution in [-0.2, 0) is 27.2 Å². The van der Waals surface area contributed by atoms with E-state index < -0.39 is 17.8 Å². The molecular formula is C21H26N2O5S. The summed E-state index contributed by atoms with van der Waals surface area (Å²) in [5.74, 6) is -2.67. The van der Waals surface area contributed by atoms with Crippen molar-refractivity contribution >= 4 is 34.1 Å². The molecule has 1 aromatic heterocycles. The van der Waals surface area contributed by atoms with Gasteiger partial charge in [-0.15, -0.1) is 11.3 Å². The number of ether oxygens (including phenoxy) is 1. The van der Waals surface area contributed by atoms with Gasteiger partial charge in [0.1, 0.15) is 5.00 Å². The fraction of sp³-hybridized carbons (Fsp3) is 0.571. The van der Waals surface area contributed by atoms with Gasteiger partial charge in [-0.05, 0) is 44.1 Å². The molecule has 1 saturated heterocycles. The quantitative estimate of drug-likeness (QED) is 0.733. The maximum Gasteiger partial charge on any atom is 0.307 e. The number of hydrogen-bond donors (Lipinski definition) is 2. The highest BCUT2D eigenvalue weighted by Gasteiger charge is 2.36. The minimum atomic E-state index is -0.954. The standard InChI is InChI=1S/C21H26N2O5S/c24-18(13-5-1-2-6-14(13)21(26)27)22-19-17(15-7-3-4-8-16(15)29-19)20(25)23-9-11-28-12-10-23/h1-2,13-14H,3-12H2,(H,22,24)(H,26,27)/t13-,14+/m0/s1. The Morgan fingerprint density at radius 3 is 2.48 bits per heavy atom. The van der Waals surface area contributed by atoms with E-state index in [1.807, 2.05) is 12.2 Å². The summed E-state index contributed by atoms with van der Waals surface area (Å²) in [5, 5.41) is 13.0. The van der Waals surface area contributed by atoms with Crippen LogP contribution in [0.4, 0.5) is 5.00 Å². The number of carboxylic acid groups (broad SMARTS) is 1. The molecule has 1 aromatic rings. The average Bonchev–Trinajstić information content (AvgIpc) is 3.11. The van der Waals surface area contributed by atoms with E-state index in [4.69, 9.17) is 4.74 Å². The Balaban J connectivity index is 1.62. The highest BCUT2D eigenvalue weighted by Crippen LogP contribution is 2.40. The van der Waals surface area contributed by atoms with E-state index in [-0.39, 0.29) is 11.8 Å². The third-order valence-electron chi connectivity index (χ3n) is 6.01. The van der Waals surface area contributed by atoms with Gasteiger partial charge >= 0.3 is 5.97 Å². The molecule has 4 rings (SSSR count). The average molecular weight is 419 g/mol. The summed E-state index contributed by atoms with van der Waals surface area (Å²) in [6, 6.07) is 0. The first-order valence-electron chi connectivity index (χ1n) is 10.3. The van der Waals surface area contributed by atoms with Crippen LogP contribution in [-0.4, -0.2) is 54.1 Å². The Morgan fingerprint density at radius 2 is 1.76 bits per heavy atom. The van der Waals surface area contributed by atoms with Crippen molar-refractivity contribution in [2.24, 2.45) is 11.8 Å². The molecule has 0 saturated carbocycles. The molecule has 156 valence electrons. The Kier molecular flexibility index (Phi) is 6.01. The molecule has 2 atom stereocenters. The number of aryl methyl sites for hydroxylation is 1. The highest BCUT2D eigenvalue weighted by molar-refractivity contribution is 7.17. The number of amides is 2. The summed E-state index contributed by atoms with van der Waals surface area (Å²) < 4.78 is 5.37. The molecule has 0 aromatic carbocycles. The number of nitrogens with zero attached hydrogens (tertiary/aromatic N) is 1. The Bertz CT molecular complexity index is 840. The maximum absolute atomic E-state index is 13.3. The summed E-state index contributed by atoms with van der Waals surface area (Å²) >= 11 is 1.48. The molecule has 0 unspecified atom stereocenters. The molecule has 2 heterocycles. The van der Waals surface area contributed by atoms with Crippen molar-refractivity contribution in [2.75, 3.05) is 31.6 Å². The predicted molar refractivity (Wildman–Crippen MR) is 109 cm³/mol. The minimum absolute atomic E-state index is 0.0543. The van der Waals surface area contributed by atoms with Crippen LogP contribution >= 0.6 is 11.3 Å². The molecule has 1 aliphatic heterocycles. The number of anilines is 1. The molecule has 7 nitrogen and oxygen atoms in total. The van der Waals surface area contributed by atoms with Gasteiger partial charge in [-0.2, -0.15) is 0 Å². The molecule has 2 aliphatic carbocycles. The van der Waals surface area contributed by atoms with Crippen molar-refractivity contribution < 1.29 is 24.2 Å². The molecule has 0 bridgehead atoms. The van der Waals surface area contributed by atoms with Gasteiger partial charge in [0.25, 0.3) is 5.91 Å². The second kappa shape index (κ2) is 8.67. The van der Waals surface area contributed by atoms with Crippen LogP contribution < -0.4 is 5.32 Å². The third-order valence-corrected chi connectivity index (χ3v) is 7.21. The second-order valence-corrected chi connectivity index (χ2v) is 8.91. The lowest BCUT2D eigenvalue weighted by Crippen LogP contribution is -2.41. The van der Waals surface area contributed by atoms with Crippen molar-refractivity contribution in [1.82, 2.24) is 4.90 Å². The first-order chi connectivity index (χ1) is 14.1. The van der Waals surface area contributed by atoms with Crippen LogP contribution in [0, 0.1) is 11.8 Å². The number of fused-ring (bicyclic) bond motifs is 1. The summed E-state index contributed by atoms with van der Waals surface area (Å²) in [7, 11) is 0. The molecule has 2 N–H and O–H groups in total. The lowest BCUT2D eigenvalue weighted by atomic mass is 9.82. The second-order valence-electron chi connectivity index (χ2n) is 7.80. The third kappa shape index (κ3) is 4.09. The van der Waals surface area contributed by atoms with Crippen molar-refractivity contribution in [3.63, 3.8) is 0 Å². The molecule has 0 radical (unpaired) electrons. The van der Waals surface area contributed by atoms with Gasteiger partial charge in [-0.1, -0.05) is 12.2 Å². The van der Waals surface area contributed by atoms with Gasteiger partial charge in [0.15, 0.2) is 0 Å². The Morgan fingerprint density at radius 1 is 1.07 bits per heavy atom. The van der Waals surface area contributed by atoms with Gasteiger partial charge in [0, 0.05) is 18.0 Å². The van der Waals surface area contributed by atoms with E-state index in [1.54, 1.807) is 4.90 Å². The number of thiophene rings is 1. The van der Waals surface area contributed by atoms with Crippen LogP contribution in [0.5, 0.6) is 0 Å². The van der Waals surface area contributed by atoms with Crippen molar-refractivity contribution in [3.8, 4) is 0 Å². The van der Waals surface area contributed by atoms with Crippen LogP contribution in [0.1, 0.15) is 46.5 Å². The number of nitrogens with one attached hydrogen (secondary N) is 1. The Labute approximate surface area is 173 Å². The van der Waals surface area contributed by atoms with Crippen LogP contribution in [0.25, 0.3) is 0 Å². The van der Waals surface area contributed by atoms with E-state index in [9.17, 15) is 19.5 Å². The van der Waals surface area contributed by atoms with Crippen molar-refractivity contribution in [2.45, 2.75) is 38.5 Å². The number of carboxylic acids is 1. The largest absolute Gasteiger partial charge is 0.481 e. The lowest BCUT2D eigenvalue weighted by Gasteiger charge is -2.28. The Hall–Kier alpha value is -2.19. The SMILES string of the molecule is O=C(Nc1sc2c(c1C(=O)N1CCOCC1)CCCC2)[C@H]1CC=CC[C@H]1C(=O)O. The van der Waals surface area contributed by atoms with Crippen LogP contribution in [0.3, 0.4) is 0 Å². The zero-order valence-electron chi connectivity index (χ0n) is 16.3. The van der Waals surface area contributed by atoms with E-state index in [2.05, 4.69) is 5.32 Å². The molecule has 1 fully saturated rings. The zero-order valence-corrected chi connectivity index (χ0v) is 17.1. The molecular weight excluding hydrogens is 392 g/mol. The first kappa shape index (κ1) is 20.1. The highest BCUT2D eigenvalue weighted by atomic mass is 32.1. The first-order valence-corrected chi connectivity index (χ1v) is 11.1. The van der Waals surface area contributed by atoms with E-state index in [0.29, 0.717) is 49.7 Å². The van der Waals surface area contributed by atoms with Crippen LogP contribution in [0.15, 0.2) is 12.2 Å². The lowest BCUT2D eigenvalue weighted by molar-refractivity contribution is -0.146. The van der Waals surface area contributed by atoms with Crippen LogP contribution in [0.2, 0.25) is 0 Å². The number of rotatable bonds is 4. The fourth-order valence-electron chi connectivity index (χ4n) is 4.39. The fourth-order valence-corrected chi connectivity index (χ4v) is 5.67. The predicted octanol–water partition coefficient (Wildman–Crippen LogP) is 2.70. The van der Waals surface area contributed by atoms with Gasteiger partial charge in [-0.3, -0.25) is 14.4 Å². The number of morpholine rings is 1. The van der Waals surface area contributed by atoms with Gasteiger partial charge < -0.3 is 20.1 Å². The van der Waals surface area contributed by atoms with Gasteiger partial charge in [0.2, 0.25) is 5.91 Å². The molecule has 2 amide bonds. The summed E-state index contributed by atoms with van der Waals surface area (Å²) in [5.41, 5.74) is 1.67. The van der Waals surface area contributed by atoms with E-state index in [1.165, 1.54) is 16.2 Å². The monoisotopic (exact) mass is 418 g/mol. The number of allylic oxidation sites excluding steroid dienone is 2. The number of aliphatic carboxylic acids is 1. The zero-order chi connectivity index (χ0) is 20.4. The minimum Gasteiger partial charge on any atom is -0.481 e. The smallest absolute Gasteiger partial charge is 0.307 e. The van der Waals surface area contributed by atoms with E-state index >= 15 is 0 Å². The molecule has 0 spiro atoms. The molecule has 29 heavy (non-hydrogen) atoms. The summed E-state index contributed by atoms with van der Waals surface area (Å²) in [4.78, 5) is 40.8. The van der Waals surface area contributed by atoms with Crippen molar-refractivity contribution in [1.29, 1.82) is 0 Å². The number of carbonyl (C=O) groups excluding carboxylic acids is 2. The summed E-state index contributed by atoms with van der Waals surface area (Å²) in [6.07, 6.45) is 8.33. The number of carbonyl (C=O) groups is 3. The maximum atomic E-state index is 13.3. The molecule has 8 heteroatoms. The normalized spacial score (nSPS) is 24.1. The topological polar surface area (TPSA) is 95.9 Å². The van der Waals surface area contributed by atoms with Gasteiger partial charge in [-0.25, -0.2) is 0 Å². The summed E-state index contributed by atoms with van der Waals surface area (Å²) in [6.45, 7) is 2.14.